The van der Waals surface area contributed by atoms with Crippen molar-refractivity contribution in [1.29, 1.82) is 0 Å². The number of piperazine rings is 1. The number of hydrogen-bond acceptors (Lipinski definition) is 2. The molecule has 1 N–H and O–H groups in total. The summed E-state index contributed by atoms with van der Waals surface area (Å²) in [4.78, 5) is 1.58. The molecule has 1 heterocycles. The molecule has 1 atom stereocenters. The molecule has 0 aromatic heterocycles. The van der Waals surface area contributed by atoms with Gasteiger partial charge in [-0.05, 0) is 17.7 Å². The zero-order valence-corrected chi connectivity index (χ0v) is 14.1. The summed E-state index contributed by atoms with van der Waals surface area (Å²) >= 11 is 0. The van der Waals surface area contributed by atoms with Crippen LogP contribution in [0.1, 0.15) is 23.6 Å². The van der Waals surface area contributed by atoms with Crippen LogP contribution in [0.25, 0.3) is 0 Å². The third-order valence-corrected chi connectivity index (χ3v) is 3.62. The topological polar surface area (TPSA) is 15.3 Å². The summed E-state index contributed by atoms with van der Waals surface area (Å²) in [7, 11) is 0. The summed E-state index contributed by atoms with van der Waals surface area (Å²) in [5.74, 6) is 0. The Balaban J connectivity index is 0.00000264. The van der Waals surface area contributed by atoms with Gasteiger partial charge < -0.3 is 5.32 Å². The maximum Gasteiger partial charge on any atom is 0.416 e. The molecule has 1 aromatic rings. The highest BCUT2D eigenvalue weighted by atomic mass is 35.5. The Morgan fingerprint density at radius 3 is 2.08 bits per heavy atom. The maximum atomic E-state index is 12.8. The van der Waals surface area contributed by atoms with E-state index in [4.69, 9.17) is 0 Å². The van der Waals surface area contributed by atoms with Gasteiger partial charge in [0, 0.05) is 32.2 Å². The van der Waals surface area contributed by atoms with Crippen molar-refractivity contribution in [1.82, 2.24) is 10.2 Å². The fourth-order valence-electron chi connectivity index (χ4n) is 2.59. The zero-order valence-electron chi connectivity index (χ0n) is 12.5. The Hall–Kier alpha value is -0.700. The quantitative estimate of drug-likeness (QED) is 0.756. The second-order valence-corrected chi connectivity index (χ2v) is 5.24. The van der Waals surface area contributed by atoms with Gasteiger partial charge in [-0.15, -0.1) is 24.8 Å². The fraction of sp³-hybridized carbons (Fsp3) is 0.571. The monoisotopic (exact) mass is 398 g/mol. The molecular formula is C14H18Cl2F6N2. The minimum absolute atomic E-state index is 0. The Kier molecular flexibility index (Phi) is 8.86. The zero-order chi connectivity index (χ0) is 16.4. The first-order chi connectivity index (χ1) is 10.2. The van der Waals surface area contributed by atoms with E-state index < -0.39 is 30.4 Å². The first-order valence-corrected chi connectivity index (χ1v) is 6.85. The minimum atomic E-state index is -4.57. The van der Waals surface area contributed by atoms with E-state index in [2.05, 4.69) is 5.32 Å². The van der Waals surface area contributed by atoms with E-state index in [1.54, 1.807) is 4.90 Å². The van der Waals surface area contributed by atoms with E-state index in [-0.39, 0.29) is 30.4 Å². The van der Waals surface area contributed by atoms with E-state index in [9.17, 15) is 26.3 Å². The number of hydrogen-bond donors (Lipinski definition) is 1. The lowest BCUT2D eigenvalue weighted by Gasteiger charge is -2.35. The van der Waals surface area contributed by atoms with Crippen LogP contribution in [0.4, 0.5) is 26.3 Å². The second kappa shape index (κ2) is 9.12. The van der Waals surface area contributed by atoms with Crippen LogP contribution in [-0.4, -0.2) is 37.3 Å². The molecule has 24 heavy (non-hydrogen) atoms. The summed E-state index contributed by atoms with van der Waals surface area (Å²) in [6, 6.07) is 3.08. The average Bonchev–Trinajstić information content (AvgIpc) is 2.44. The van der Waals surface area contributed by atoms with Gasteiger partial charge in [-0.3, -0.25) is 4.90 Å². The molecule has 0 amide bonds. The predicted octanol–water partition coefficient (Wildman–Crippen LogP) is 4.45. The van der Waals surface area contributed by atoms with Crippen LogP contribution in [0.2, 0.25) is 0 Å². The summed E-state index contributed by atoms with van der Waals surface area (Å²) in [5, 5.41) is 3.02. The smallest absolute Gasteiger partial charge is 0.314 e. The lowest BCUT2D eigenvalue weighted by Crippen LogP contribution is -2.46. The molecule has 0 saturated carbocycles. The number of nitrogens with zero attached hydrogens (tertiary/aromatic N) is 1. The number of alkyl halides is 6. The summed E-state index contributed by atoms with van der Waals surface area (Å²) in [6.45, 7) is 1.79. The van der Waals surface area contributed by atoms with Gasteiger partial charge >= 0.3 is 12.4 Å². The summed E-state index contributed by atoms with van der Waals surface area (Å²) < 4.78 is 76.7. The molecule has 1 aliphatic heterocycles. The first kappa shape index (κ1) is 23.3. The normalized spacial score (nSPS) is 17.6. The SMILES string of the molecule is Cl.Cl.FC(F)(F)C[C@@H](c1cccc(C(F)(F)F)c1)N1CCNCC1. The fourth-order valence-corrected chi connectivity index (χ4v) is 2.59. The van der Waals surface area contributed by atoms with Crippen LogP contribution in [0, 0.1) is 0 Å². The molecule has 2 nitrogen and oxygen atoms in total. The highest BCUT2D eigenvalue weighted by Gasteiger charge is 2.37. The van der Waals surface area contributed by atoms with Gasteiger partial charge in [-0.25, -0.2) is 0 Å². The Bertz CT molecular complexity index is 501. The van der Waals surface area contributed by atoms with Crippen LogP contribution < -0.4 is 5.32 Å². The molecule has 1 aromatic carbocycles. The highest BCUT2D eigenvalue weighted by molar-refractivity contribution is 5.85. The van der Waals surface area contributed by atoms with Gasteiger partial charge in [0.05, 0.1) is 12.0 Å². The van der Waals surface area contributed by atoms with Gasteiger partial charge in [0.2, 0.25) is 0 Å². The molecule has 2 rings (SSSR count). The Morgan fingerprint density at radius 2 is 1.58 bits per heavy atom. The van der Waals surface area contributed by atoms with Crippen molar-refractivity contribution in [3.05, 3.63) is 35.4 Å². The number of halogens is 8. The van der Waals surface area contributed by atoms with Crippen molar-refractivity contribution in [2.24, 2.45) is 0 Å². The lowest BCUT2D eigenvalue weighted by molar-refractivity contribution is -0.148. The van der Waals surface area contributed by atoms with Crippen LogP contribution in [0.15, 0.2) is 24.3 Å². The van der Waals surface area contributed by atoms with E-state index in [1.165, 1.54) is 6.07 Å². The van der Waals surface area contributed by atoms with Crippen molar-refractivity contribution in [2.45, 2.75) is 24.8 Å². The molecule has 10 heteroatoms. The minimum Gasteiger partial charge on any atom is -0.314 e. The Labute approximate surface area is 148 Å². The standard InChI is InChI=1S/C14H16F6N2.2ClH/c15-13(16,17)9-12(22-6-4-21-5-7-22)10-2-1-3-11(8-10)14(18,19)20;;/h1-3,8,12,21H,4-7,9H2;2*1H/t12-;;/m0../s1. The molecule has 1 aliphatic rings. The molecule has 0 unspecified atom stereocenters. The van der Waals surface area contributed by atoms with Crippen LogP contribution >= 0.6 is 24.8 Å². The molecule has 1 fully saturated rings. The average molecular weight is 399 g/mol. The van der Waals surface area contributed by atoms with E-state index in [0.717, 1.165) is 18.2 Å². The molecular weight excluding hydrogens is 381 g/mol. The van der Waals surface area contributed by atoms with Gasteiger partial charge in [-0.2, -0.15) is 26.3 Å². The largest absolute Gasteiger partial charge is 0.416 e. The van der Waals surface area contributed by atoms with E-state index in [1.807, 2.05) is 0 Å². The van der Waals surface area contributed by atoms with E-state index in [0.29, 0.717) is 26.2 Å². The lowest BCUT2D eigenvalue weighted by atomic mass is 9.98. The number of nitrogens with one attached hydrogen (secondary N) is 1. The van der Waals surface area contributed by atoms with Crippen LogP contribution in [-0.2, 0) is 6.18 Å². The molecule has 0 aliphatic carbocycles. The number of rotatable bonds is 3. The third kappa shape index (κ3) is 6.66. The van der Waals surface area contributed by atoms with Crippen molar-refractivity contribution >= 4 is 24.8 Å². The van der Waals surface area contributed by atoms with E-state index >= 15 is 0 Å². The molecule has 1 saturated heterocycles. The Morgan fingerprint density at radius 1 is 1.00 bits per heavy atom. The third-order valence-electron chi connectivity index (χ3n) is 3.62. The number of benzene rings is 1. The predicted molar refractivity (Wildman–Crippen MR) is 83.8 cm³/mol. The van der Waals surface area contributed by atoms with Gasteiger partial charge in [0.25, 0.3) is 0 Å². The molecule has 140 valence electrons. The van der Waals surface area contributed by atoms with Gasteiger partial charge in [-0.1, -0.05) is 12.1 Å². The molecule has 0 spiro atoms. The summed E-state index contributed by atoms with van der Waals surface area (Å²) in [5.41, 5.74) is -0.874. The van der Waals surface area contributed by atoms with Crippen molar-refractivity contribution in [3.63, 3.8) is 0 Å². The highest BCUT2D eigenvalue weighted by Crippen LogP contribution is 2.36. The van der Waals surface area contributed by atoms with Gasteiger partial charge in [0.1, 0.15) is 0 Å². The summed E-state index contributed by atoms with van der Waals surface area (Å²) in [6.07, 6.45) is -10.2. The van der Waals surface area contributed by atoms with Crippen molar-refractivity contribution < 1.29 is 26.3 Å². The van der Waals surface area contributed by atoms with Crippen LogP contribution in [0.5, 0.6) is 0 Å². The van der Waals surface area contributed by atoms with Crippen molar-refractivity contribution in [3.8, 4) is 0 Å². The molecule has 0 radical (unpaired) electrons. The van der Waals surface area contributed by atoms with Crippen LogP contribution in [0.3, 0.4) is 0 Å². The van der Waals surface area contributed by atoms with Crippen molar-refractivity contribution in [2.75, 3.05) is 26.2 Å². The van der Waals surface area contributed by atoms with Gasteiger partial charge in [0.15, 0.2) is 0 Å². The molecule has 0 bridgehead atoms. The maximum absolute atomic E-state index is 12.8. The second-order valence-electron chi connectivity index (χ2n) is 5.24. The first-order valence-electron chi connectivity index (χ1n) is 6.85.